The summed E-state index contributed by atoms with van der Waals surface area (Å²) >= 11 is 1.67. The van der Waals surface area contributed by atoms with E-state index in [0.29, 0.717) is 6.42 Å². The number of carbonyl (C=O) groups excluding carboxylic acids is 1. The lowest BCUT2D eigenvalue weighted by Crippen LogP contribution is -2.50. The molecule has 1 aromatic carbocycles. The molecule has 7 heteroatoms. The molecule has 0 spiro atoms. The predicted octanol–water partition coefficient (Wildman–Crippen LogP) is 3.69. The van der Waals surface area contributed by atoms with Gasteiger partial charge in [0.2, 0.25) is 5.91 Å². The Hall–Kier alpha value is -1.70. The van der Waals surface area contributed by atoms with Gasteiger partial charge in [-0.05, 0) is 43.2 Å². The fourth-order valence-corrected chi connectivity index (χ4v) is 7.30. The average molecular weight is 447 g/mol. The number of nitrogens with zero attached hydrogens (tertiary/aromatic N) is 1. The van der Waals surface area contributed by atoms with Crippen LogP contribution in [0.25, 0.3) is 0 Å². The molecule has 1 N–H and O–H groups in total. The van der Waals surface area contributed by atoms with E-state index < -0.39 is 9.84 Å². The van der Waals surface area contributed by atoms with Gasteiger partial charge in [-0.15, -0.1) is 11.3 Å². The van der Waals surface area contributed by atoms with Gasteiger partial charge in [0.05, 0.1) is 24.1 Å². The van der Waals surface area contributed by atoms with Crippen LogP contribution < -0.4 is 5.32 Å². The highest BCUT2D eigenvalue weighted by Crippen LogP contribution is 2.30. The molecule has 1 saturated heterocycles. The SMILES string of the molecule is Cc1ccc(C(NCC(=O)N(C2CCCC2)C2CCS(=O)(=O)C2)c2cccs2)cc1. The third kappa shape index (κ3) is 4.95. The van der Waals surface area contributed by atoms with E-state index in [2.05, 4.69) is 42.6 Å². The fraction of sp³-hybridized carbons (Fsp3) is 0.522. The Kier molecular flexibility index (Phi) is 6.60. The van der Waals surface area contributed by atoms with E-state index in [9.17, 15) is 13.2 Å². The van der Waals surface area contributed by atoms with Crippen LogP contribution >= 0.6 is 11.3 Å². The summed E-state index contributed by atoms with van der Waals surface area (Å²) in [4.78, 5) is 16.5. The van der Waals surface area contributed by atoms with Gasteiger partial charge in [0, 0.05) is 17.0 Å². The van der Waals surface area contributed by atoms with E-state index in [1.54, 1.807) is 11.3 Å². The minimum atomic E-state index is -3.03. The highest BCUT2D eigenvalue weighted by molar-refractivity contribution is 7.91. The average Bonchev–Trinajstić information content (AvgIpc) is 3.47. The standard InChI is InChI=1S/C23H30N2O3S2/c1-17-8-10-18(11-9-17)23(21-7-4-13-29-21)24-15-22(26)25(19-5-2-3-6-19)20-12-14-30(27,28)16-20/h4,7-11,13,19-20,23-24H,2-3,5-6,12,14-16H2,1H3. The lowest BCUT2D eigenvalue weighted by atomic mass is 10.0. The van der Waals surface area contributed by atoms with Crippen molar-refractivity contribution in [3.63, 3.8) is 0 Å². The van der Waals surface area contributed by atoms with Crippen molar-refractivity contribution < 1.29 is 13.2 Å². The minimum absolute atomic E-state index is 0.0256. The molecular weight excluding hydrogens is 416 g/mol. The van der Waals surface area contributed by atoms with E-state index in [0.717, 1.165) is 31.2 Å². The summed E-state index contributed by atoms with van der Waals surface area (Å²) in [5.74, 6) is 0.335. The van der Waals surface area contributed by atoms with Gasteiger partial charge in [0.15, 0.2) is 9.84 Å². The van der Waals surface area contributed by atoms with Crippen LogP contribution in [0.2, 0.25) is 0 Å². The third-order valence-electron chi connectivity index (χ3n) is 6.30. The lowest BCUT2D eigenvalue weighted by molar-refractivity contribution is -0.134. The van der Waals surface area contributed by atoms with Gasteiger partial charge in [0.1, 0.15) is 0 Å². The molecule has 1 aliphatic carbocycles. The highest BCUT2D eigenvalue weighted by Gasteiger charge is 2.39. The topological polar surface area (TPSA) is 66.5 Å². The van der Waals surface area contributed by atoms with Crippen molar-refractivity contribution in [1.29, 1.82) is 0 Å². The Morgan fingerprint density at radius 2 is 1.87 bits per heavy atom. The van der Waals surface area contributed by atoms with Crippen LogP contribution in [0.4, 0.5) is 0 Å². The zero-order valence-corrected chi connectivity index (χ0v) is 19.1. The quantitative estimate of drug-likeness (QED) is 0.704. The van der Waals surface area contributed by atoms with Crippen molar-refractivity contribution in [2.75, 3.05) is 18.1 Å². The summed E-state index contributed by atoms with van der Waals surface area (Å²) in [7, 11) is -3.03. The second-order valence-electron chi connectivity index (χ2n) is 8.54. The van der Waals surface area contributed by atoms with Crippen LogP contribution in [0.15, 0.2) is 41.8 Å². The summed E-state index contributed by atoms with van der Waals surface area (Å²) in [5, 5.41) is 5.53. The molecule has 0 radical (unpaired) electrons. The maximum absolute atomic E-state index is 13.4. The Bertz CT molecular complexity index is 949. The molecule has 162 valence electrons. The Morgan fingerprint density at radius 1 is 1.13 bits per heavy atom. The molecule has 0 bridgehead atoms. The maximum atomic E-state index is 13.4. The van der Waals surface area contributed by atoms with Crippen LogP contribution in [0, 0.1) is 6.92 Å². The Balaban J connectivity index is 1.51. The number of rotatable bonds is 7. The van der Waals surface area contributed by atoms with E-state index in [1.807, 2.05) is 16.3 Å². The first-order chi connectivity index (χ1) is 14.4. The van der Waals surface area contributed by atoms with Crippen LogP contribution in [0.1, 0.15) is 54.1 Å². The van der Waals surface area contributed by atoms with Gasteiger partial charge in [-0.2, -0.15) is 0 Å². The number of sulfone groups is 1. The first-order valence-electron chi connectivity index (χ1n) is 10.8. The molecule has 2 unspecified atom stereocenters. The monoisotopic (exact) mass is 446 g/mol. The first-order valence-corrected chi connectivity index (χ1v) is 13.5. The van der Waals surface area contributed by atoms with Gasteiger partial charge in [-0.25, -0.2) is 8.42 Å². The molecule has 2 fully saturated rings. The van der Waals surface area contributed by atoms with Crippen LogP contribution in [0.5, 0.6) is 0 Å². The van der Waals surface area contributed by atoms with Gasteiger partial charge in [-0.3, -0.25) is 10.1 Å². The van der Waals surface area contributed by atoms with Crippen molar-refractivity contribution in [2.24, 2.45) is 0 Å². The molecule has 1 saturated carbocycles. The molecule has 1 aliphatic heterocycles. The second kappa shape index (κ2) is 9.20. The van der Waals surface area contributed by atoms with Crippen molar-refractivity contribution in [3.05, 3.63) is 57.8 Å². The number of carbonyl (C=O) groups is 1. The van der Waals surface area contributed by atoms with Crippen LogP contribution in [-0.4, -0.2) is 49.4 Å². The number of hydrogen-bond acceptors (Lipinski definition) is 5. The number of benzene rings is 1. The molecule has 1 aromatic heterocycles. The van der Waals surface area contributed by atoms with E-state index in [-0.39, 0.29) is 42.1 Å². The Labute approximate surface area is 183 Å². The summed E-state index contributed by atoms with van der Waals surface area (Å²) in [6, 6.07) is 12.5. The lowest BCUT2D eigenvalue weighted by Gasteiger charge is -2.34. The zero-order valence-electron chi connectivity index (χ0n) is 17.4. The van der Waals surface area contributed by atoms with Crippen molar-refractivity contribution in [1.82, 2.24) is 10.2 Å². The highest BCUT2D eigenvalue weighted by atomic mass is 32.2. The van der Waals surface area contributed by atoms with Gasteiger partial charge in [-0.1, -0.05) is 48.7 Å². The Morgan fingerprint density at radius 3 is 2.47 bits per heavy atom. The summed E-state index contributed by atoms with van der Waals surface area (Å²) in [6.07, 6.45) is 4.76. The molecule has 1 amide bonds. The molecule has 4 rings (SSSR count). The van der Waals surface area contributed by atoms with Crippen molar-refractivity contribution >= 4 is 27.1 Å². The predicted molar refractivity (Wildman–Crippen MR) is 122 cm³/mol. The molecule has 2 atom stereocenters. The molecule has 2 heterocycles. The largest absolute Gasteiger partial charge is 0.335 e. The van der Waals surface area contributed by atoms with Crippen molar-refractivity contribution in [2.45, 2.75) is 57.2 Å². The number of amides is 1. The zero-order chi connectivity index (χ0) is 21.1. The van der Waals surface area contributed by atoms with Crippen LogP contribution in [0.3, 0.4) is 0 Å². The second-order valence-corrected chi connectivity index (χ2v) is 11.7. The third-order valence-corrected chi connectivity index (χ3v) is 8.99. The van der Waals surface area contributed by atoms with E-state index in [1.165, 1.54) is 10.4 Å². The van der Waals surface area contributed by atoms with Crippen molar-refractivity contribution in [3.8, 4) is 0 Å². The molecule has 30 heavy (non-hydrogen) atoms. The molecule has 2 aliphatic rings. The number of thiophene rings is 1. The van der Waals surface area contributed by atoms with Gasteiger partial charge in [0.25, 0.3) is 0 Å². The molecular formula is C23H30N2O3S2. The maximum Gasteiger partial charge on any atom is 0.237 e. The number of aryl methyl sites for hydroxylation is 1. The number of hydrogen-bond donors (Lipinski definition) is 1. The van der Waals surface area contributed by atoms with Gasteiger partial charge >= 0.3 is 0 Å². The minimum Gasteiger partial charge on any atom is -0.335 e. The first kappa shape index (κ1) is 21.5. The number of nitrogens with one attached hydrogen (secondary N) is 1. The van der Waals surface area contributed by atoms with E-state index >= 15 is 0 Å². The summed E-state index contributed by atoms with van der Waals surface area (Å²) in [6.45, 7) is 2.28. The van der Waals surface area contributed by atoms with E-state index in [4.69, 9.17) is 0 Å². The van der Waals surface area contributed by atoms with Crippen LogP contribution in [-0.2, 0) is 14.6 Å². The summed E-state index contributed by atoms with van der Waals surface area (Å²) < 4.78 is 24.1. The molecule has 5 nitrogen and oxygen atoms in total. The summed E-state index contributed by atoms with van der Waals surface area (Å²) in [5.41, 5.74) is 2.33. The molecule has 2 aromatic rings. The smallest absolute Gasteiger partial charge is 0.237 e. The fourth-order valence-electron chi connectivity index (χ4n) is 4.76. The normalized spacial score (nSPS) is 22.2. The van der Waals surface area contributed by atoms with Gasteiger partial charge < -0.3 is 4.90 Å².